The minimum atomic E-state index is -3.56. The van der Waals surface area contributed by atoms with Gasteiger partial charge in [-0.3, -0.25) is 0 Å². The molecule has 0 unspecified atom stereocenters. The number of thiazole rings is 1. The second-order valence-corrected chi connectivity index (χ2v) is 10.8. The number of aryl methyl sites for hydroxylation is 1. The molecule has 33 heavy (non-hydrogen) atoms. The first-order chi connectivity index (χ1) is 15.9. The highest BCUT2D eigenvalue weighted by Gasteiger charge is 2.27. The average molecular weight is 480 g/mol. The highest BCUT2D eigenvalue weighted by atomic mass is 32.2. The van der Waals surface area contributed by atoms with Gasteiger partial charge in [-0.05, 0) is 38.1 Å². The van der Waals surface area contributed by atoms with Gasteiger partial charge < -0.3 is 9.30 Å². The van der Waals surface area contributed by atoms with Gasteiger partial charge in [-0.1, -0.05) is 36.4 Å². The average Bonchev–Trinajstić information content (AvgIpc) is 3.44. The molecule has 1 fully saturated rings. The summed E-state index contributed by atoms with van der Waals surface area (Å²) in [6, 6.07) is 19.4. The summed E-state index contributed by atoms with van der Waals surface area (Å²) in [5.74, 6) is 0. The normalized spacial score (nSPS) is 15.1. The van der Waals surface area contributed by atoms with Gasteiger partial charge >= 0.3 is 0 Å². The number of nitrogens with zero attached hydrogens (tertiary/aromatic N) is 3. The van der Waals surface area contributed by atoms with E-state index in [9.17, 15) is 8.42 Å². The fraction of sp³-hybridized carbons (Fsp3) is 0.240. The van der Waals surface area contributed by atoms with Crippen molar-refractivity contribution in [2.75, 3.05) is 26.3 Å². The number of rotatable bonds is 5. The van der Waals surface area contributed by atoms with Gasteiger partial charge in [-0.25, -0.2) is 13.4 Å². The number of aromatic nitrogens is 2. The van der Waals surface area contributed by atoms with Gasteiger partial charge in [0.1, 0.15) is 5.01 Å². The molecule has 0 saturated carbocycles. The zero-order valence-corrected chi connectivity index (χ0v) is 20.2. The Hall–Kier alpha value is -2.78. The fourth-order valence-corrected chi connectivity index (χ4v) is 6.52. The number of hydrogen-bond acceptors (Lipinski definition) is 5. The summed E-state index contributed by atoms with van der Waals surface area (Å²) in [6.45, 7) is 5.70. The van der Waals surface area contributed by atoms with Crippen LogP contribution >= 0.6 is 11.3 Å². The van der Waals surface area contributed by atoms with Gasteiger partial charge in [0.2, 0.25) is 10.0 Å². The van der Waals surface area contributed by atoms with Crippen LogP contribution in [0.15, 0.2) is 70.9 Å². The first-order valence-electron chi connectivity index (χ1n) is 10.8. The predicted molar refractivity (Wildman–Crippen MR) is 131 cm³/mol. The Kier molecular flexibility index (Phi) is 5.92. The van der Waals surface area contributed by atoms with E-state index in [-0.39, 0.29) is 0 Å². The van der Waals surface area contributed by atoms with Gasteiger partial charge in [-0.15, -0.1) is 11.3 Å². The molecule has 6 nitrogen and oxygen atoms in total. The highest BCUT2D eigenvalue weighted by Crippen LogP contribution is 2.33. The zero-order chi connectivity index (χ0) is 23.0. The van der Waals surface area contributed by atoms with Crippen molar-refractivity contribution in [1.29, 1.82) is 0 Å². The Balaban J connectivity index is 1.51. The van der Waals surface area contributed by atoms with E-state index in [4.69, 9.17) is 9.72 Å². The minimum absolute atomic E-state index is 0.302. The summed E-state index contributed by atoms with van der Waals surface area (Å²) in [6.07, 6.45) is 0. The molecular weight excluding hydrogens is 454 g/mol. The molecule has 1 aliphatic rings. The van der Waals surface area contributed by atoms with Gasteiger partial charge in [-0.2, -0.15) is 4.31 Å². The molecule has 0 N–H and O–H groups in total. The van der Waals surface area contributed by atoms with Crippen molar-refractivity contribution in [3.8, 4) is 27.5 Å². The smallest absolute Gasteiger partial charge is 0.243 e. The molecule has 3 heterocycles. The van der Waals surface area contributed by atoms with Crippen LogP contribution in [0.25, 0.3) is 27.5 Å². The molecule has 0 bridgehead atoms. The summed E-state index contributed by atoms with van der Waals surface area (Å²) < 4.78 is 35.2. The van der Waals surface area contributed by atoms with Crippen molar-refractivity contribution >= 4 is 21.4 Å². The molecule has 0 spiro atoms. The maximum Gasteiger partial charge on any atom is 0.243 e. The van der Waals surface area contributed by atoms with Crippen molar-refractivity contribution in [3.05, 3.63) is 77.4 Å². The molecule has 0 amide bonds. The van der Waals surface area contributed by atoms with Crippen molar-refractivity contribution in [2.45, 2.75) is 18.7 Å². The Morgan fingerprint density at radius 2 is 1.73 bits per heavy atom. The summed E-state index contributed by atoms with van der Waals surface area (Å²) >= 11 is 1.62. The monoisotopic (exact) mass is 479 g/mol. The van der Waals surface area contributed by atoms with Gasteiger partial charge in [0.05, 0.1) is 23.8 Å². The molecule has 4 aromatic rings. The van der Waals surface area contributed by atoms with E-state index in [1.807, 2.05) is 38.1 Å². The number of benzene rings is 2. The van der Waals surface area contributed by atoms with Crippen LogP contribution in [-0.4, -0.2) is 48.6 Å². The van der Waals surface area contributed by atoms with E-state index >= 15 is 0 Å². The maximum atomic E-state index is 13.2. The fourth-order valence-electron chi connectivity index (χ4n) is 4.25. The van der Waals surface area contributed by atoms with Gasteiger partial charge in [0, 0.05) is 46.7 Å². The van der Waals surface area contributed by atoms with Crippen LogP contribution in [0, 0.1) is 13.8 Å². The maximum absolute atomic E-state index is 13.2. The van der Waals surface area contributed by atoms with Gasteiger partial charge in [0.25, 0.3) is 0 Å². The van der Waals surface area contributed by atoms with Gasteiger partial charge in [0.15, 0.2) is 0 Å². The molecular formula is C25H25N3O3S2. The second-order valence-electron chi connectivity index (χ2n) is 8.04. The molecule has 8 heteroatoms. The molecule has 2 aromatic carbocycles. The third-order valence-electron chi connectivity index (χ3n) is 5.92. The van der Waals surface area contributed by atoms with Crippen LogP contribution in [0.4, 0.5) is 0 Å². The summed E-state index contributed by atoms with van der Waals surface area (Å²) in [4.78, 5) is 5.17. The quantitative estimate of drug-likeness (QED) is 0.408. The van der Waals surface area contributed by atoms with Crippen LogP contribution in [-0.2, 0) is 14.8 Å². The van der Waals surface area contributed by atoms with Crippen molar-refractivity contribution in [3.63, 3.8) is 0 Å². The summed E-state index contributed by atoms with van der Waals surface area (Å²) in [5.41, 5.74) is 5.95. The number of ether oxygens (including phenoxy) is 1. The van der Waals surface area contributed by atoms with Crippen molar-refractivity contribution in [1.82, 2.24) is 13.9 Å². The van der Waals surface area contributed by atoms with E-state index in [0.717, 1.165) is 38.9 Å². The number of hydrogen-bond donors (Lipinski definition) is 0. The van der Waals surface area contributed by atoms with Crippen LogP contribution in [0.2, 0.25) is 0 Å². The standard InChI is InChI=1S/C25H25N3O3S2/c1-18-15-23(24-17-32-25(26-24)20-7-4-3-5-8-20)19(2)28(18)21-9-6-10-22(16-21)33(29,30)27-11-13-31-14-12-27/h3-10,15-17H,11-14H2,1-2H3. The Morgan fingerprint density at radius 3 is 2.48 bits per heavy atom. The van der Waals surface area contributed by atoms with Crippen LogP contribution in [0.1, 0.15) is 11.4 Å². The predicted octanol–water partition coefficient (Wildman–Crippen LogP) is 4.91. The molecule has 170 valence electrons. The Morgan fingerprint density at radius 1 is 0.970 bits per heavy atom. The first kappa shape index (κ1) is 22.0. The van der Waals surface area contributed by atoms with Crippen molar-refractivity contribution in [2.24, 2.45) is 0 Å². The molecule has 0 atom stereocenters. The number of morpholine rings is 1. The molecule has 1 aliphatic heterocycles. The van der Waals surface area contributed by atoms with E-state index in [0.29, 0.717) is 31.2 Å². The third-order valence-corrected chi connectivity index (χ3v) is 8.70. The van der Waals surface area contributed by atoms with Crippen molar-refractivity contribution < 1.29 is 13.2 Å². The van der Waals surface area contributed by atoms with E-state index in [2.05, 4.69) is 28.1 Å². The SMILES string of the molecule is Cc1cc(-c2csc(-c3ccccc3)n2)c(C)n1-c1cccc(S(=O)(=O)N2CCOCC2)c1. The van der Waals surface area contributed by atoms with E-state index < -0.39 is 10.0 Å². The molecule has 5 rings (SSSR count). The minimum Gasteiger partial charge on any atom is -0.379 e. The van der Waals surface area contributed by atoms with E-state index in [1.165, 1.54) is 4.31 Å². The van der Waals surface area contributed by atoms with Crippen LogP contribution in [0.5, 0.6) is 0 Å². The summed E-state index contributed by atoms with van der Waals surface area (Å²) in [7, 11) is -3.56. The lowest BCUT2D eigenvalue weighted by atomic mass is 10.2. The summed E-state index contributed by atoms with van der Waals surface area (Å²) in [5, 5.41) is 3.06. The third kappa shape index (κ3) is 4.15. The lowest BCUT2D eigenvalue weighted by molar-refractivity contribution is 0.0730. The Bertz CT molecular complexity index is 1390. The number of sulfonamides is 1. The van der Waals surface area contributed by atoms with E-state index in [1.54, 1.807) is 29.5 Å². The molecule has 0 radical (unpaired) electrons. The molecule has 0 aliphatic carbocycles. The largest absolute Gasteiger partial charge is 0.379 e. The highest BCUT2D eigenvalue weighted by molar-refractivity contribution is 7.89. The molecule has 1 saturated heterocycles. The first-order valence-corrected chi connectivity index (χ1v) is 13.2. The Labute approximate surface area is 198 Å². The topological polar surface area (TPSA) is 64.4 Å². The lowest BCUT2D eigenvalue weighted by Gasteiger charge is -2.26. The zero-order valence-electron chi connectivity index (χ0n) is 18.6. The van der Waals surface area contributed by atoms with Crippen LogP contribution < -0.4 is 0 Å². The van der Waals surface area contributed by atoms with Crippen LogP contribution in [0.3, 0.4) is 0 Å². The molecule has 2 aromatic heterocycles. The lowest BCUT2D eigenvalue weighted by Crippen LogP contribution is -2.40. The second kappa shape index (κ2) is 8.87.